The zero-order valence-electron chi connectivity index (χ0n) is 9.53. The molecule has 0 spiro atoms. The van der Waals surface area contributed by atoms with Crippen LogP contribution in [0.1, 0.15) is 25.7 Å². The van der Waals surface area contributed by atoms with Crippen LogP contribution >= 0.6 is 15.9 Å². The van der Waals surface area contributed by atoms with E-state index in [1.165, 1.54) is 19.3 Å². The summed E-state index contributed by atoms with van der Waals surface area (Å²) >= 11 is 3.40. The van der Waals surface area contributed by atoms with E-state index in [1.807, 2.05) is 6.07 Å². The predicted molar refractivity (Wildman–Crippen MR) is 69.5 cm³/mol. The van der Waals surface area contributed by atoms with Crippen molar-refractivity contribution < 1.29 is 4.79 Å². The average Bonchev–Trinajstić information content (AvgIpc) is 2.94. The molecule has 1 aromatic heterocycles. The number of nitrogens with zero attached hydrogens (tertiary/aromatic N) is 1. The summed E-state index contributed by atoms with van der Waals surface area (Å²) in [6.45, 7) is 0. The highest BCUT2D eigenvalue weighted by Crippen LogP contribution is 2.48. The van der Waals surface area contributed by atoms with E-state index in [-0.39, 0.29) is 11.8 Å². The first kappa shape index (κ1) is 11.2. The van der Waals surface area contributed by atoms with E-state index in [1.54, 1.807) is 12.4 Å². The Kier molecular flexibility index (Phi) is 2.90. The van der Waals surface area contributed by atoms with Crippen molar-refractivity contribution in [1.82, 2.24) is 4.98 Å². The Morgan fingerprint density at radius 1 is 1.41 bits per heavy atom. The molecule has 0 radical (unpaired) electrons. The van der Waals surface area contributed by atoms with Crippen LogP contribution in [0.15, 0.2) is 22.9 Å². The van der Waals surface area contributed by atoms with Gasteiger partial charge in [-0.3, -0.25) is 9.78 Å². The van der Waals surface area contributed by atoms with Gasteiger partial charge in [-0.1, -0.05) is 6.42 Å². The van der Waals surface area contributed by atoms with Gasteiger partial charge in [0.1, 0.15) is 0 Å². The number of pyridine rings is 1. The molecular weight excluding hydrogens is 280 g/mol. The van der Waals surface area contributed by atoms with Crippen LogP contribution in [0.4, 0.5) is 5.69 Å². The minimum atomic E-state index is 0.184. The van der Waals surface area contributed by atoms with Crippen molar-refractivity contribution in [2.75, 3.05) is 5.32 Å². The van der Waals surface area contributed by atoms with Gasteiger partial charge in [-0.2, -0.15) is 0 Å². The van der Waals surface area contributed by atoms with Crippen molar-refractivity contribution in [1.29, 1.82) is 0 Å². The number of rotatable bonds is 2. The van der Waals surface area contributed by atoms with E-state index >= 15 is 0 Å². The largest absolute Gasteiger partial charge is 0.325 e. The molecule has 2 bridgehead atoms. The summed E-state index contributed by atoms with van der Waals surface area (Å²) in [5, 5.41) is 3.01. The Hall–Kier alpha value is -0.900. The molecule has 2 saturated carbocycles. The van der Waals surface area contributed by atoms with E-state index in [0.29, 0.717) is 5.92 Å². The number of hydrogen-bond donors (Lipinski definition) is 1. The lowest BCUT2D eigenvalue weighted by atomic mass is 9.88. The fourth-order valence-electron chi connectivity index (χ4n) is 3.27. The normalized spacial score (nSPS) is 30.5. The molecule has 2 aliphatic carbocycles. The van der Waals surface area contributed by atoms with Gasteiger partial charge >= 0.3 is 0 Å². The van der Waals surface area contributed by atoms with Crippen LogP contribution < -0.4 is 5.32 Å². The van der Waals surface area contributed by atoms with Gasteiger partial charge in [0.2, 0.25) is 5.91 Å². The molecule has 1 aromatic rings. The van der Waals surface area contributed by atoms with E-state index in [4.69, 9.17) is 0 Å². The molecule has 1 N–H and O–H groups in total. The maximum Gasteiger partial charge on any atom is 0.227 e. The van der Waals surface area contributed by atoms with Crippen LogP contribution in [-0.4, -0.2) is 10.9 Å². The summed E-state index contributed by atoms with van der Waals surface area (Å²) in [4.78, 5) is 16.2. The molecule has 2 fully saturated rings. The first-order chi connectivity index (χ1) is 8.24. The number of carbonyl (C=O) groups is 1. The number of fused-ring (bicyclic) bond motifs is 2. The molecule has 1 heterocycles. The standard InChI is InChI=1S/C13H15BrN2O/c14-11-7-15-4-3-12(11)16-13(17)10-6-8-1-2-9(10)5-8/h3-4,7-10H,1-2,5-6H2,(H,15,16,17). The van der Waals surface area contributed by atoms with Crippen molar-refractivity contribution in [2.24, 2.45) is 17.8 Å². The molecular formula is C13H15BrN2O. The Morgan fingerprint density at radius 2 is 2.29 bits per heavy atom. The summed E-state index contributed by atoms with van der Waals surface area (Å²) in [6, 6.07) is 1.83. The average molecular weight is 295 g/mol. The summed E-state index contributed by atoms with van der Waals surface area (Å²) in [5.41, 5.74) is 0.827. The molecule has 2 aliphatic rings. The highest BCUT2D eigenvalue weighted by atomic mass is 79.9. The second kappa shape index (κ2) is 4.41. The van der Waals surface area contributed by atoms with E-state index in [2.05, 4.69) is 26.2 Å². The van der Waals surface area contributed by atoms with Crippen molar-refractivity contribution in [3.05, 3.63) is 22.9 Å². The van der Waals surface area contributed by atoms with Crippen molar-refractivity contribution >= 4 is 27.5 Å². The molecule has 3 nitrogen and oxygen atoms in total. The van der Waals surface area contributed by atoms with Gasteiger partial charge in [0.05, 0.1) is 10.2 Å². The predicted octanol–water partition coefficient (Wildman–Crippen LogP) is 3.22. The Bertz CT molecular complexity index is 449. The van der Waals surface area contributed by atoms with Crippen LogP contribution in [0.3, 0.4) is 0 Å². The highest BCUT2D eigenvalue weighted by Gasteiger charge is 2.43. The van der Waals surface area contributed by atoms with E-state index in [0.717, 1.165) is 22.5 Å². The van der Waals surface area contributed by atoms with Crippen LogP contribution in [-0.2, 0) is 4.79 Å². The van der Waals surface area contributed by atoms with Crippen LogP contribution in [0.2, 0.25) is 0 Å². The Labute approximate surface area is 109 Å². The Morgan fingerprint density at radius 3 is 2.94 bits per heavy atom. The van der Waals surface area contributed by atoms with Gasteiger partial charge in [-0.05, 0) is 53.1 Å². The summed E-state index contributed by atoms with van der Waals surface area (Å²) in [7, 11) is 0. The molecule has 90 valence electrons. The topological polar surface area (TPSA) is 42.0 Å². The fourth-order valence-corrected chi connectivity index (χ4v) is 3.62. The van der Waals surface area contributed by atoms with Crippen LogP contribution in [0.5, 0.6) is 0 Å². The molecule has 17 heavy (non-hydrogen) atoms. The highest BCUT2D eigenvalue weighted by molar-refractivity contribution is 9.10. The number of carbonyl (C=O) groups excluding carboxylic acids is 1. The molecule has 0 aromatic carbocycles. The van der Waals surface area contributed by atoms with Gasteiger partial charge < -0.3 is 5.32 Å². The van der Waals surface area contributed by atoms with Crippen LogP contribution in [0, 0.1) is 17.8 Å². The number of hydrogen-bond acceptors (Lipinski definition) is 2. The molecule has 0 aliphatic heterocycles. The number of anilines is 1. The minimum Gasteiger partial charge on any atom is -0.325 e. The van der Waals surface area contributed by atoms with Crippen molar-refractivity contribution in [2.45, 2.75) is 25.7 Å². The van der Waals surface area contributed by atoms with Crippen LogP contribution in [0.25, 0.3) is 0 Å². The lowest BCUT2D eigenvalue weighted by Gasteiger charge is -2.21. The summed E-state index contributed by atoms with van der Waals surface area (Å²) in [5.74, 6) is 1.84. The first-order valence-corrected chi connectivity index (χ1v) is 6.93. The van der Waals surface area contributed by atoms with Crippen molar-refractivity contribution in [3.63, 3.8) is 0 Å². The zero-order valence-corrected chi connectivity index (χ0v) is 11.1. The van der Waals surface area contributed by atoms with Gasteiger partial charge in [0.15, 0.2) is 0 Å². The number of aromatic nitrogens is 1. The second-order valence-corrected chi connectivity index (χ2v) is 5.98. The smallest absolute Gasteiger partial charge is 0.227 e. The van der Waals surface area contributed by atoms with Gasteiger partial charge in [-0.15, -0.1) is 0 Å². The third-order valence-corrected chi connectivity index (χ3v) is 4.74. The molecule has 0 saturated heterocycles. The monoisotopic (exact) mass is 294 g/mol. The molecule has 4 heteroatoms. The fraction of sp³-hybridized carbons (Fsp3) is 0.538. The van der Waals surface area contributed by atoms with E-state index in [9.17, 15) is 4.79 Å². The maximum atomic E-state index is 12.2. The maximum absolute atomic E-state index is 12.2. The number of halogens is 1. The molecule has 1 amide bonds. The summed E-state index contributed by atoms with van der Waals surface area (Å²) < 4.78 is 0.844. The van der Waals surface area contributed by atoms with Gasteiger partial charge in [-0.25, -0.2) is 0 Å². The zero-order chi connectivity index (χ0) is 11.8. The quantitative estimate of drug-likeness (QED) is 0.910. The van der Waals surface area contributed by atoms with Gasteiger partial charge in [0, 0.05) is 18.3 Å². The molecule has 3 atom stereocenters. The lowest BCUT2D eigenvalue weighted by Crippen LogP contribution is -2.27. The van der Waals surface area contributed by atoms with Crippen molar-refractivity contribution in [3.8, 4) is 0 Å². The summed E-state index contributed by atoms with van der Waals surface area (Å²) in [6.07, 6.45) is 8.31. The van der Waals surface area contributed by atoms with E-state index < -0.39 is 0 Å². The lowest BCUT2D eigenvalue weighted by molar-refractivity contribution is -0.121. The minimum absolute atomic E-state index is 0.184. The molecule has 3 rings (SSSR count). The van der Waals surface area contributed by atoms with Gasteiger partial charge in [0.25, 0.3) is 0 Å². The SMILES string of the molecule is O=C(Nc1ccncc1Br)C1CC2CCC1C2. The number of amides is 1. The Balaban J connectivity index is 1.70. The first-order valence-electron chi connectivity index (χ1n) is 6.14. The third-order valence-electron chi connectivity index (χ3n) is 4.11. The number of nitrogens with one attached hydrogen (secondary N) is 1. The molecule has 3 unspecified atom stereocenters. The third kappa shape index (κ3) is 2.10. The second-order valence-electron chi connectivity index (χ2n) is 5.13.